The number of nitrogens with zero attached hydrogens (tertiary/aromatic N) is 1. The highest BCUT2D eigenvalue weighted by Gasteiger charge is 2.50. The molecule has 1 N–H and O–H groups in total. The Balaban J connectivity index is 2.29. The van der Waals surface area contributed by atoms with Gasteiger partial charge in [0.25, 0.3) is 5.69 Å². The van der Waals surface area contributed by atoms with Gasteiger partial charge in [-0.05, 0) is 43.2 Å². The number of nitro groups is 1. The minimum Gasteiger partial charge on any atom is -0.314 e. The normalized spacial score (nSPS) is 29.0. The van der Waals surface area contributed by atoms with Crippen molar-refractivity contribution in [2.45, 2.75) is 52.5 Å². The van der Waals surface area contributed by atoms with Gasteiger partial charge in [0, 0.05) is 17.7 Å². The summed E-state index contributed by atoms with van der Waals surface area (Å²) in [6, 6.07) is 6.23. The van der Waals surface area contributed by atoms with Gasteiger partial charge in [0.05, 0.1) is 4.92 Å². The van der Waals surface area contributed by atoms with Gasteiger partial charge in [-0.1, -0.05) is 32.9 Å². The van der Waals surface area contributed by atoms with Gasteiger partial charge in [-0.2, -0.15) is 0 Å². The summed E-state index contributed by atoms with van der Waals surface area (Å²) in [6.07, 6.45) is 2.15. The lowest BCUT2D eigenvalue weighted by Crippen LogP contribution is -2.56. The van der Waals surface area contributed by atoms with Crippen LogP contribution in [-0.4, -0.2) is 17.5 Å². The maximum Gasteiger partial charge on any atom is 0.272 e. The third kappa shape index (κ3) is 2.33. The van der Waals surface area contributed by atoms with Crippen LogP contribution in [0.25, 0.3) is 0 Å². The van der Waals surface area contributed by atoms with Crippen molar-refractivity contribution in [3.05, 3.63) is 39.4 Å². The van der Waals surface area contributed by atoms with Crippen molar-refractivity contribution in [1.29, 1.82) is 0 Å². The van der Waals surface area contributed by atoms with E-state index in [1.165, 1.54) is 0 Å². The first-order valence-electron chi connectivity index (χ1n) is 7.42. The molecule has 0 radical (unpaired) electrons. The molecule has 1 aromatic rings. The van der Waals surface area contributed by atoms with Gasteiger partial charge in [-0.15, -0.1) is 0 Å². The lowest BCUT2D eigenvalue weighted by Gasteiger charge is -2.55. The van der Waals surface area contributed by atoms with Crippen molar-refractivity contribution in [1.82, 2.24) is 5.32 Å². The molecule has 0 saturated heterocycles. The number of rotatable bonds is 5. The summed E-state index contributed by atoms with van der Waals surface area (Å²) in [4.78, 5) is 10.8. The fraction of sp³-hybridized carbons (Fsp3) is 0.625. The lowest BCUT2D eigenvalue weighted by atomic mass is 9.54. The van der Waals surface area contributed by atoms with Crippen LogP contribution in [0.5, 0.6) is 0 Å². The molecule has 0 aliphatic heterocycles. The van der Waals surface area contributed by atoms with E-state index in [9.17, 15) is 10.1 Å². The van der Waals surface area contributed by atoms with Gasteiger partial charge in [-0.3, -0.25) is 10.1 Å². The number of nitrogens with one attached hydrogen (secondary N) is 1. The summed E-state index contributed by atoms with van der Waals surface area (Å²) in [6.45, 7) is 9.39. The molecular formula is C16H24N2O2. The van der Waals surface area contributed by atoms with E-state index in [-0.39, 0.29) is 16.0 Å². The molecule has 3 unspecified atom stereocenters. The molecule has 1 saturated carbocycles. The molecule has 20 heavy (non-hydrogen) atoms. The zero-order chi connectivity index (χ0) is 14.9. The van der Waals surface area contributed by atoms with Crippen LogP contribution in [0.1, 0.15) is 50.7 Å². The summed E-state index contributed by atoms with van der Waals surface area (Å²) < 4.78 is 0. The molecule has 4 nitrogen and oxygen atoms in total. The number of aryl methyl sites for hydroxylation is 1. The first-order chi connectivity index (χ1) is 9.43. The molecule has 0 heterocycles. The Morgan fingerprint density at radius 1 is 1.45 bits per heavy atom. The Morgan fingerprint density at radius 3 is 2.70 bits per heavy atom. The largest absolute Gasteiger partial charge is 0.314 e. The van der Waals surface area contributed by atoms with Gasteiger partial charge in [0.2, 0.25) is 0 Å². The average Bonchev–Trinajstić information content (AvgIpc) is 2.43. The van der Waals surface area contributed by atoms with Gasteiger partial charge in [-0.25, -0.2) is 0 Å². The van der Waals surface area contributed by atoms with Crippen molar-refractivity contribution in [3.8, 4) is 0 Å². The van der Waals surface area contributed by atoms with Crippen molar-refractivity contribution in [2.24, 2.45) is 5.41 Å². The fourth-order valence-electron chi connectivity index (χ4n) is 3.47. The predicted molar refractivity (Wildman–Crippen MR) is 81.1 cm³/mol. The van der Waals surface area contributed by atoms with Crippen LogP contribution in [-0.2, 0) is 0 Å². The van der Waals surface area contributed by atoms with E-state index in [0.717, 1.165) is 30.5 Å². The number of hydrogen-bond acceptors (Lipinski definition) is 3. The molecule has 1 aromatic carbocycles. The van der Waals surface area contributed by atoms with Crippen LogP contribution in [0.15, 0.2) is 18.2 Å². The smallest absolute Gasteiger partial charge is 0.272 e. The van der Waals surface area contributed by atoms with Crippen molar-refractivity contribution in [2.75, 3.05) is 6.54 Å². The highest BCUT2D eigenvalue weighted by molar-refractivity contribution is 5.45. The second-order valence-electron chi connectivity index (χ2n) is 6.06. The predicted octanol–water partition coefficient (Wildman–Crippen LogP) is 3.78. The molecule has 1 aliphatic carbocycles. The van der Waals surface area contributed by atoms with Crippen LogP contribution in [0, 0.1) is 22.5 Å². The summed E-state index contributed by atoms with van der Waals surface area (Å²) >= 11 is 0. The van der Waals surface area contributed by atoms with Gasteiger partial charge >= 0.3 is 0 Å². The summed E-state index contributed by atoms with van der Waals surface area (Å²) in [5.41, 5.74) is 2.28. The van der Waals surface area contributed by atoms with E-state index in [4.69, 9.17) is 0 Å². The van der Waals surface area contributed by atoms with Gasteiger partial charge < -0.3 is 5.32 Å². The molecule has 0 aromatic heterocycles. The monoisotopic (exact) mass is 276 g/mol. The Labute approximate surface area is 120 Å². The zero-order valence-corrected chi connectivity index (χ0v) is 12.8. The molecule has 4 heteroatoms. The average molecular weight is 276 g/mol. The Bertz CT molecular complexity index is 515. The topological polar surface area (TPSA) is 55.2 Å². The third-order valence-corrected chi connectivity index (χ3v) is 5.11. The zero-order valence-electron chi connectivity index (χ0n) is 12.8. The Morgan fingerprint density at radius 2 is 2.15 bits per heavy atom. The Hall–Kier alpha value is -1.42. The highest BCUT2D eigenvalue weighted by Crippen LogP contribution is 2.55. The van der Waals surface area contributed by atoms with E-state index >= 15 is 0 Å². The maximum absolute atomic E-state index is 11.1. The van der Waals surface area contributed by atoms with Crippen LogP contribution in [0.2, 0.25) is 0 Å². The van der Waals surface area contributed by atoms with E-state index in [1.807, 2.05) is 6.07 Å². The second kappa shape index (κ2) is 5.52. The molecule has 0 spiro atoms. The molecule has 1 aliphatic rings. The number of nitro benzene ring substituents is 1. The van der Waals surface area contributed by atoms with E-state index in [1.54, 1.807) is 13.0 Å². The molecule has 2 rings (SSSR count). The van der Waals surface area contributed by atoms with Crippen LogP contribution < -0.4 is 5.32 Å². The standard InChI is InChI=1S/C16H24N2O2/c1-5-16(4)13(10-15(16)17-6-2)12-8-7-11(3)14(9-12)18(19)20/h7-9,13,15,17H,5-6,10H2,1-4H3. The van der Waals surface area contributed by atoms with Crippen LogP contribution in [0.4, 0.5) is 5.69 Å². The van der Waals surface area contributed by atoms with E-state index in [2.05, 4.69) is 32.2 Å². The van der Waals surface area contributed by atoms with Crippen LogP contribution in [0.3, 0.4) is 0 Å². The SMILES string of the molecule is CCNC1CC(c2ccc(C)c([N+](=O)[O-])c2)C1(C)CC. The van der Waals surface area contributed by atoms with E-state index < -0.39 is 0 Å². The first-order valence-corrected chi connectivity index (χ1v) is 7.42. The highest BCUT2D eigenvalue weighted by atomic mass is 16.6. The fourth-order valence-corrected chi connectivity index (χ4v) is 3.47. The minimum absolute atomic E-state index is 0.194. The van der Waals surface area contributed by atoms with E-state index in [0.29, 0.717) is 12.0 Å². The quantitative estimate of drug-likeness (QED) is 0.657. The van der Waals surface area contributed by atoms with Crippen LogP contribution >= 0.6 is 0 Å². The maximum atomic E-state index is 11.1. The van der Waals surface area contributed by atoms with Crippen molar-refractivity contribution < 1.29 is 4.92 Å². The lowest BCUT2D eigenvalue weighted by molar-refractivity contribution is -0.385. The molecule has 0 amide bonds. The summed E-state index contributed by atoms with van der Waals surface area (Å²) in [7, 11) is 0. The Kier molecular flexibility index (Phi) is 4.14. The third-order valence-electron chi connectivity index (χ3n) is 5.11. The molecule has 1 fully saturated rings. The molecular weight excluding hydrogens is 252 g/mol. The van der Waals surface area contributed by atoms with Crippen molar-refractivity contribution in [3.63, 3.8) is 0 Å². The molecule has 0 bridgehead atoms. The van der Waals surface area contributed by atoms with Crippen molar-refractivity contribution >= 4 is 5.69 Å². The molecule has 3 atom stereocenters. The number of hydrogen-bond donors (Lipinski definition) is 1. The second-order valence-corrected chi connectivity index (χ2v) is 6.06. The number of benzene rings is 1. The first kappa shape index (κ1) is 15.0. The molecule has 110 valence electrons. The van der Waals surface area contributed by atoms with Gasteiger partial charge in [0.15, 0.2) is 0 Å². The minimum atomic E-state index is -0.275. The van der Waals surface area contributed by atoms with Gasteiger partial charge in [0.1, 0.15) is 0 Å². The summed E-state index contributed by atoms with van der Waals surface area (Å²) in [5.74, 6) is 0.413. The summed E-state index contributed by atoms with van der Waals surface area (Å²) in [5, 5.41) is 14.6.